The molecule has 0 unspecified atom stereocenters. The van der Waals surface area contributed by atoms with E-state index in [9.17, 15) is 4.79 Å². The molecule has 1 amide bonds. The number of nitrogens with one attached hydrogen (secondary N) is 2. The van der Waals surface area contributed by atoms with Crippen LogP contribution in [0.25, 0.3) is 32.9 Å². The van der Waals surface area contributed by atoms with Crippen LogP contribution >= 0.6 is 22.6 Å². The molecule has 0 spiro atoms. The number of carbonyl (C=O) groups excluding carboxylic acids is 1. The van der Waals surface area contributed by atoms with Crippen LogP contribution < -0.4 is 39.1 Å². The molecule has 0 saturated heterocycles. The molecular formula is C31H31ClIN5O. The molecule has 39 heavy (non-hydrogen) atoms. The van der Waals surface area contributed by atoms with E-state index in [0.717, 1.165) is 67.4 Å². The lowest BCUT2D eigenvalue weighted by Gasteiger charge is -2.13. The Bertz CT molecular complexity index is 1590. The van der Waals surface area contributed by atoms with Crippen LogP contribution in [0.2, 0.25) is 0 Å². The van der Waals surface area contributed by atoms with Crippen molar-refractivity contribution in [2.24, 2.45) is 0 Å². The summed E-state index contributed by atoms with van der Waals surface area (Å²) < 4.78 is 3.47. The number of nitrogens with zero attached hydrogens (tertiary/aromatic N) is 1. The quantitative estimate of drug-likeness (QED) is 0.0646. The fraction of sp³-hybridized carbons (Fsp3) is 0.161. The van der Waals surface area contributed by atoms with E-state index < -0.39 is 0 Å². The number of benzene rings is 4. The van der Waals surface area contributed by atoms with Crippen LogP contribution in [0, 0.1) is 3.57 Å². The molecule has 5 aromatic rings. The van der Waals surface area contributed by atoms with Gasteiger partial charge >= 0.3 is 0 Å². The summed E-state index contributed by atoms with van der Waals surface area (Å²) >= 11 is 2.23. The summed E-state index contributed by atoms with van der Waals surface area (Å²) in [4.78, 5) is 12.3. The van der Waals surface area contributed by atoms with Gasteiger partial charge in [-0.2, -0.15) is 4.57 Å². The van der Waals surface area contributed by atoms with Crippen molar-refractivity contribution in [3.05, 3.63) is 100 Å². The summed E-state index contributed by atoms with van der Waals surface area (Å²) in [5.74, 6) is -0.0502. The predicted molar refractivity (Wildman–Crippen MR) is 165 cm³/mol. The highest BCUT2D eigenvalue weighted by Crippen LogP contribution is 2.33. The Morgan fingerprint density at radius 1 is 0.769 bits per heavy atom. The predicted octanol–water partition coefficient (Wildman–Crippen LogP) is 2.13. The number of nitrogen functional groups attached to an aromatic ring is 2. The number of aromatic nitrogens is 1. The SMILES string of the molecule is Nc1ccc2c(c1)c(-c1ccccc1)[n+](CCCNCCNC(=O)c1ccc(I)cc1)c1cc(N)ccc21.[Cl-]. The molecular weight excluding hydrogens is 621 g/mol. The molecule has 0 saturated carbocycles. The Hall–Kier alpha value is -3.40. The minimum atomic E-state index is -0.0502. The lowest BCUT2D eigenvalue weighted by Crippen LogP contribution is -3.00. The van der Waals surface area contributed by atoms with E-state index in [1.165, 1.54) is 0 Å². The third-order valence-corrected chi connectivity index (χ3v) is 7.37. The number of fused-ring (bicyclic) bond motifs is 3. The van der Waals surface area contributed by atoms with Crippen LogP contribution in [0.5, 0.6) is 0 Å². The molecule has 6 N–H and O–H groups in total. The van der Waals surface area contributed by atoms with E-state index >= 15 is 0 Å². The summed E-state index contributed by atoms with van der Waals surface area (Å²) in [5, 5.41) is 9.88. The van der Waals surface area contributed by atoms with Crippen LogP contribution in [-0.4, -0.2) is 25.5 Å². The van der Waals surface area contributed by atoms with Gasteiger partial charge in [0.15, 0.2) is 6.54 Å². The van der Waals surface area contributed by atoms with Gasteiger partial charge in [0, 0.05) is 63.6 Å². The largest absolute Gasteiger partial charge is 1.00 e. The van der Waals surface area contributed by atoms with Gasteiger partial charge in [-0.25, -0.2) is 0 Å². The molecule has 0 bridgehead atoms. The third kappa shape index (κ3) is 6.61. The van der Waals surface area contributed by atoms with E-state index in [4.69, 9.17) is 11.5 Å². The second-order valence-electron chi connectivity index (χ2n) is 9.31. The van der Waals surface area contributed by atoms with Crippen LogP contribution in [0.1, 0.15) is 16.8 Å². The first kappa shape index (κ1) is 28.6. The van der Waals surface area contributed by atoms with Crippen molar-refractivity contribution in [2.75, 3.05) is 31.1 Å². The molecule has 5 rings (SSSR count). The van der Waals surface area contributed by atoms with Crippen LogP contribution in [0.15, 0.2) is 91.0 Å². The maximum atomic E-state index is 12.3. The number of aryl methyl sites for hydroxylation is 1. The molecule has 0 aliphatic carbocycles. The van der Waals surface area contributed by atoms with E-state index in [2.05, 4.69) is 86.3 Å². The Morgan fingerprint density at radius 2 is 1.46 bits per heavy atom. The lowest BCUT2D eigenvalue weighted by atomic mass is 9.98. The molecule has 0 radical (unpaired) electrons. The number of rotatable bonds is 9. The Morgan fingerprint density at radius 3 is 2.21 bits per heavy atom. The lowest BCUT2D eigenvalue weighted by molar-refractivity contribution is -0.659. The second-order valence-corrected chi connectivity index (χ2v) is 10.6. The number of anilines is 2. The maximum absolute atomic E-state index is 12.3. The van der Waals surface area contributed by atoms with Gasteiger partial charge in [-0.3, -0.25) is 4.79 Å². The van der Waals surface area contributed by atoms with Crippen molar-refractivity contribution in [3.63, 3.8) is 0 Å². The molecule has 0 fully saturated rings. The number of amides is 1. The van der Waals surface area contributed by atoms with Gasteiger partial charge in [0.1, 0.15) is 0 Å². The summed E-state index contributed by atoms with van der Waals surface area (Å²) in [5.41, 5.74) is 18.0. The van der Waals surface area contributed by atoms with E-state index in [1.54, 1.807) is 0 Å². The zero-order chi connectivity index (χ0) is 26.5. The van der Waals surface area contributed by atoms with Gasteiger partial charge < -0.3 is 34.5 Å². The molecule has 1 aromatic heterocycles. The summed E-state index contributed by atoms with van der Waals surface area (Å²) in [6.07, 6.45) is 0.910. The van der Waals surface area contributed by atoms with E-state index in [1.807, 2.05) is 42.5 Å². The number of hydrogen-bond acceptors (Lipinski definition) is 4. The van der Waals surface area contributed by atoms with Gasteiger partial charge in [0.05, 0.1) is 10.8 Å². The van der Waals surface area contributed by atoms with Gasteiger partial charge in [0.25, 0.3) is 5.91 Å². The van der Waals surface area contributed by atoms with Gasteiger partial charge in [0.2, 0.25) is 11.2 Å². The molecule has 6 nitrogen and oxygen atoms in total. The molecule has 0 aliphatic rings. The van der Waals surface area contributed by atoms with Crippen LogP contribution in [-0.2, 0) is 6.54 Å². The summed E-state index contributed by atoms with van der Waals surface area (Å²) in [6.45, 7) is 2.90. The average molecular weight is 652 g/mol. The highest BCUT2D eigenvalue weighted by molar-refractivity contribution is 14.1. The van der Waals surface area contributed by atoms with Crippen molar-refractivity contribution in [1.29, 1.82) is 0 Å². The maximum Gasteiger partial charge on any atom is 0.251 e. The van der Waals surface area contributed by atoms with Crippen molar-refractivity contribution >= 4 is 61.5 Å². The highest BCUT2D eigenvalue weighted by atomic mass is 127. The Labute approximate surface area is 248 Å². The third-order valence-electron chi connectivity index (χ3n) is 6.65. The highest BCUT2D eigenvalue weighted by Gasteiger charge is 2.23. The fourth-order valence-electron chi connectivity index (χ4n) is 4.85. The zero-order valence-electron chi connectivity index (χ0n) is 21.5. The number of pyridine rings is 1. The topological polar surface area (TPSA) is 97.0 Å². The zero-order valence-corrected chi connectivity index (χ0v) is 24.4. The summed E-state index contributed by atoms with van der Waals surface area (Å²) in [6, 6.07) is 30.3. The molecule has 8 heteroatoms. The standard InChI is InChI=1S/C31H30IN5O.ClH/c32-23-9-7-22(8-10-23)31(38)36-17-16-35-15-4-18-37-29-20-25(34)12-14-27(29)26-13-11-24(33)19-28(26)30(37)21-5-2-1-3-6-21;/h1-3,5-14,19-20,34-35H,4,15-18,33H2,(H,36,38);1H. The minimum absolute atomic E-state index is 0. The molecule has 4 aromatic carbocycles. The van der Waals surface area contributed by atoms with Crippen molar-refractivity contribution in [3.8, 4) is 11.3 Å². The first-order valence-electron chi connectivity index (χ1n) is 12.8. The normalized spacial score (nSPS) is 10.9. The minimum Gasteiger partial charge on any atom is -1.00 e. The molecule has 0 aliphatic heterocycles. The van der Waals surface area contributed by atoms with Crippen molar-refractivity contribution in [1.82, 2.24) is 10.6 Å². The Kier molecular flexibility index (Phi) is 9.61. The average Bonchev–Trinajstić information content (AvgIpc) is 2.93. The number of halogens is 2. The van der Waals surface area contributed by atoms with Crippen molar-refractivity contribution < 1.29 is 21.8 Å². The smallest absolute Gasteiger partial charge is 0.251 e. The van der Waals surface area contributed by atoms with Gasteiger partial charge in [-0.15, -0.1) is 0 Å². The number of nitrogens with two attached hydrogens (primary N) is 2. The first-order chi connectivity index (χ1) is 18.5. The van der Waals surface area contributed by atoms with E-state index in [0.29, 0.717) is 18.7 Å². The molecule has 200 valence electrons. The van der Waals surface area contributed by atoms with Crippen LogP contribution in [0.4, 0.5) is 11.4 Å². The van der Waals surface area contributed by atoms with E-state index in [-0.39, 0.29) is 18.3 Å². The van der Waals surface area contributed by atoms with Crippen LogP contribution in [0.3, 0.4) is 0 Å². The fourth-order valence-corrected chi connectivity index (χ4v) is 5.21. The number of hydrogen-bond donors (Lipinski definition) is 4. The molecule has 0 atom stereocenters. The first-order valence-corrected chi connectivity index (χ1v) is 13.8. The second kappa shape index (κ2) is 13.1. The van der Waals surface area contributed by atoms with Crippen molar-refractivity contribution in [2.45, 2.75) is 13.0 Å². The summed E-state index contributed by atoms with van der Waals surface area (Å²) in [7, 11) is 0. The Balaban J connectivity index is 0.00000353. The molecule has 1 heterocycles. The number of carbonyl (C=O) groups is 1. The van der Waals surface area contributed by atoms with Gasteiger partial charge in [-0.05, 0) is 83.3 Å². The monoisotopic (exact) mass is 651 g/mol. The van der Waals surface area contributed by atoms with Gasteiger partial charge in [-0.1, -0.05) is 24.3 Å².